The van der Waals surface area contributed by atoms with Crippen molar-refractivity contribution in [3.05, 3.63) is 118 Å². The minimum absolute atomic E-state index is 0.0197. The molecule has 1 amide bonds. The summed E-state index contributed by atoms with van der Waals surface area (Å²) in [6.45, 7) is 6.71. The van der Waals surface area contributed by atoms with Gasteiger partial charge >= 0.3 is 5.97 Å². The molecule has 3 aromatic carbocycles. The molecular weight excluding hydrogens is 679 g/mol. The molecule has 2 aliphatic rings. The van der Waals surface area contributed by atoms with Crippen molar-refractivity contribution in [2.75, 3.05) is 7.11 Å². The first-order valence-electron chi connectivity index (χ1n) is 15.9. The van der Waals surface area contributed by atoms with E-state index in [2.05, 4.69) is 15.5 Å². The molecule has 1 aromatic heterocycles. The molecule has 0 radical (unpaired) electrons. The molecule has 14 heteroatoms. The van der Waals surface area contributed by atoms with Crippen LogP contribution < -0.4 is 0 Å². The fourth-order valence-electron chi connectivity index (χ4n) is 6.24. The number of esters is 1. The number of hydrogen-bond acceptors (Lipinski definition) is 11. The number of thioether (sulfide) groups is 1. The Morgan fingerprint density at radius 1 is 0.960 bits per heavy atom. The number of carbonyl (C=O) groups excluding carboxylic acids is 3. The zero-order valence-corrected chi connectivity index (χ0v) is 30.1. The van der Waals surface area contributed by atoms with E-state index in [1.54, 1.807) is 59.0 Å². The number of carbonyl (C=O) groups is 3. The number of Topliss-reactive ketones (excluding diaryl/α,β-unsaturated/α-hetero) is 1. The predicted octanol–water partition coefficient (Wildman–Crippen LogP) is 4.69. The largest absolute Gasteiger partial charge is 0.449 e. The molecule has 1 unspecified atom stereocenters. The number of amides is 1. The lowest BCUT2D eigenvalue weighted by atomic mass is 9.84. The second-order valence-electron chi connectivity index (χ2n) is 13.3. The predicted molar refractivity (Wildman–Crippen MR) is 185 cm³/mol. The lowest BCUT2D eigenvalue weighted by Crippen LogP contribution is -2.74. The Bertz CT molecular complexity index is 2040. The molecule has 12 nitrogen and oxygen atoms in total. The Morgan fingerprint density at radius 2 is 1.54 bits per heavy atom. The minimum Gasteiger partial charge on any atom is -0.449 e. The standard InChI is InChI=1S/C36H37N5O7S2/c1-22-27(30(42)35(2,3)4)41-31(43)29(47-6)32(41)50(45,46)36(22,49-34-37-38-39-40(34)5)21-23-17-19-26(20-18-23)33(44)48-28(24-13-9-7-10-14-24)25-15-11-8-12-16-25/h7-20,28-29,32H,21H2,1-6H3/t29-,32-,36?/m0/s1. The van der Waals surface area contributed by atoms with Crippen LogP contribution in [0.3, 0.4) is 0 Å². The zero-order valence-electron chi connectivity index (χ0n) is 28.4. The molecule has 4 aromatic rings. The SMILES string of the molecule is CO[C@H]1C(=O)N2C(C(=O)C(C)(C)C)=C(C)C(Cc3ccc(C(=O)OC(c4ccccc4)c4ccccc4)cc3)(Sc3nnnn3C)S(=O)(=O)[C@@H]12. The van der Waals surface area contributed by atoms with Crippen molar-refractivity contribution in [2.24, 2.45) is 12.5 Å². The van der Waals surface area contributed by atoms with Crippen LogP contribution in [0.15, 0.2) is 101 Å². The molecule has 0 bridgehead atoms. The fraction of sp³-hybridized carbons (Fsp3) is 0.333. The number of aryl methyl sites for hydroxylation is 1. The number of nitrogens with zero attached hydrogens (tertiary/aromatic N) is 5. The van der Waals surface area contributed by atoms with Crippen LogP contribution in [0, 0.1) is 5.41 Å². The highest BCUT2D eigenvalue weighted by molar-refractivity contribution is 8.15. The third-order valence-electron chi connectivity index (χ3n) is 8.98. The van der Waals surface area contributed by atoms with Crippen molar-refractivity contribution in [3.8, 4) is 0 Å². The average Bonchev–Trinajstić information content (AvgIpc) is 3.50. The zero-order chi connectivity index (χ0) is 36.0. The molecule has 1 saturated heterocycles. The number of hydrogen-bond donors (Lipinski definition) is 0. The third kappa shape index (κ3) is 5.94. The van der Waals surface area contributed by atoms with Gasteiger partial charge in [0, 0.05) is 26.0 Å². The van der Waals surface area contributed by atoms with E-state index in [0.29, 0.717) is 5.56 Å². The maximum absolute atomic E-state index is 14.9. The van der Waals surface area contributed by atoms with E-state index in [1.807, 2.05) is 60.7 Å². The second kappa shape index (κ2) is 13.2. The summed E-state index contributed by atoms with van der Waals surface area (Å²) in [6.07, 6.45) is -2.08. The highest BCUT2D eigenvalue weighted by Crippen LogP contribution is 2.55. The number of tetrazole rings is 1. The maximum Gasteiger partial charge on any atom is 0.339 e. The van der Waals surface area contributed by atoms with Crippen LogP contribution in [-0.4, -0.2) is 73.9 Å². The lowest BCUT2D eigenvalue weighted by molar-refractivity contribution is -0.161. The summed E-state index contributed by atoms with van der Waals surface area (Å²) in [6, 6.07) is 25.3. The second-order valence-corrected chi connectivity index (χ2v) is 17.1. The van der Waals surface area contributed by atoms with E-state index >= 15 is 0 Å². The van der Waals surface area contributed by atoms with Crippen molar-refractivity contribution >= 4 is 39.3 Å². The third-order valence-corrected chi connectivity index (χ3v) is 13.7. The van der Waals surface area contributed by atoms with Gasteiger partial charge in [-0.3, -0.25) is 14.5 Å². The Morgan fingerprint density at radius 3 is 2.04 bits per heavy atom. The van der Waals surface area contributed by atoms with Crippen molar-refractivity contribution in [1.29, 1.82) is 0 Å². The van der Waals surface area contributed by atoms with Crippen LogP contribution in [0.4, 0.5) is 0 Å². The van der Waals surface area contributed by atoms with Crippen molar-refractivity contribution in [1.82, 2.24) is 25.1 Å². The van der Waals surface area contributed by atoms with E-state index in [9.17, 15) is 22.8 Å². The first-order valence-corrected chi connectivity index (χ1v) is 18.2. The summed E-state index contributed by atoms with van der Waals surface area (Å²) in [5.74, 6) is -1.54. The summed E-state index contributed by atoms with van der Waals surface area (Å²) in [4.78, 5) is 41.9. The molecule has 0 N–H and O–H groups in total. The molecule has 3 heterocycles. The van der Waals surface area contributed by atoms with Crippen molar-refractivity contribution in [3.63, 3.8) is 0 Å². The Kier molecular flexibility index (Phi) is 9.31. The van der Waals surface area contributed by atoms with Gasteiger partial charge in [-0.2, -0.15) is 0 Å². The van der Waals surface area contributed by atoms with Gasteiger partial charge < -0.3 is 9.47 Å². The van der Waals surface area contributed by atoms with Crippen LogP contribution in [0.2, 0.25) is 0 Å². The number of allylic oxidation sites excluding steroid dienone is 1. The number of methoxy groups -OCH3 is 1. The molecule has 50 heavy (non-hydrogen) atoms. The number of ether oxygens (including phenoxy) is 2. The molecular formula is C36H37N5O7S2. The molecule has 260 valence electrons. The maximum atomic E-state index is 14.9. The Balaban J connectivity index is 1.41. The number of sulfone groups is 1. The quantitative estimate of drug-likeness (QED) is 0.166. The van der Waals surface area contributed by atoms with Crippen LogP contribution in [0.1, 0.15) is 60.8 Å². The Labute approximate surface area is 294 Å². The van der Waals surface area contributed by atoms with Gasteiger partial charge in [-0.15, -0.1) is 5.10 Å². The van der Waals surface area contributed by atoms with Crippen LogP contribution in [0.5, 0.6) is 0 Å². The number of rotatable bonds is 10. The van der Waals surface area contributed by atoms with Gasteiger partial charge in [-0.05, 0) is 51.7 Å². The smallest absolute Gasteiger partial charge is 0.339 e. The molecule has 2 aliphatic heterocycles. The van der Waals surface area contributed by atoms with Gasteiger partial charge in [-0.1, -0.05) is 105 Å². The number of fused-ring (bicyclic) bond motifs is 1. The summed E-state index contributed by atoms with van der Waals surface area (Å²) >= 11 is 0.898. The first kappa shape index (κ1) is 35.2. The monoisotopic (exact) mass is 715 g/mol. The molecule has 3 atom stereocenters. The van der Waals surface area contributed by atoms with E-state index in [-0.39, 0.29) is 34.2 Å². The number of ketones is 1. The summed E-state index contributed by atoms with van der Waals surface area (Å²) in [5, 5.41) is 10.4. The molecule has 6 rings (SSSR count). The van der Waals surface area contributed by atoms with Gasteiger partial charge in [0.2, 0.25) is 5.16 Å². The molecule has 0 saturated carbocycles. The fourth-order valence-corrected chi connectivity index (χ4v) is 10.6. The summed E-state index contributed by atoms with van der Waals surface area (Å²) in [7, 11) is -1.49. The van der Waals surface area contributed by atoms with Gasteiger partial charge in [0.05, 0.1) is 11.3 Å². The van der Waals surface area contributed by atoms with E-state index in [1.165, 1.54) is 11.8 Å². The van der Waals surface area contributed by atoms with Gasteiger partial charge in [0.1, 0.15) is 0 Å². The summed E-state index contributed by atoms with van der Waals surface area (Å²) < 4.78 is 40.6. The summed E-state index contributed by atoms with van der Waals surface area (Å²) in [5.41, 5.74) is 1.69. The van der Waals surface area contributed by atoms with Gasteiger partial charge in [0.25, 0.3) is 5.91 Å². The number of benzene rings is 3. The molecule has 1 fully saturated rings. The van der Waals surface area contributed by atoms with Gasteiger partial charge in [-0.25, -0.2) is 17.9 Å². The highest BCUT2D eigenvalue weighted by Gasteiger charge is 2.68. The molecule has 0 spiro atoms. The first-order chi connectivity index (χ1) is 23.7. The van der Waals surface area contributed by atoms with E-state index in [4.69, 9.17) is 9.47 Å². The van der Waals surface area contributed by atoms with Crippen molar-refractivity contribution in [2.45, 2.75) is 60.9 Å². The van der Waals surface area contributed by atoms with E-state index < -0.39 is 48.8 Å². The lowest BCUT2D eigenvalue weighted by Gasteiger charge is -2.54. The minimum atomic E-state index is -4.34. The van der Waals surface area contributed by atoms with Crippen LogP contribution in [-0.2, 0) is 42.4 Å². The Hall–Kier alpha value is -4.66. The highest BCUT2D eigenvalue weighted by atomic mass is 32.3. The topological polar surface area (TPSA) is 151 Å². The van der Waals surface area contributed by atoms with Gasteiger partial charge in [0.15, 0.2) is 37.3 Å². The van der Waals surface area contributed by atoms with Crippen LogP contribution in [0.25, 0.3) is 0 Å². The molecule has 0 aliphatic carbocycles. The van der Waals surface area contributed by atoms with Crippen molar-refractivity contribution < 1.29 is 32.3 Å². The normalized spacial score (nSPS) is 21.5. The van der Waals surface area contributed by atoms with Crippen LogP contribution >= 0.6 is 11.8 Å². The van der Waals surface area contributed by atoms with E-state index in [0.717, 1.165) is 27.8 Å². The number of aromatic nitrogens is 4. The number of β-lactam (4-membered cyclic amide) rings is 1. The average molecular weight is 716 g/mol.